The molecule has 156 valence electrons. The molecule has 4 rings (SSSR count). The largest absolute Gasteiger partial charge is 0.269 e. The first-order valence-corrected chi connectivity index (χ1v) is 13.5. The Bertz CT molecular complexity index is 1270. The van der Waals surface area contributed by atoms with Crippen molar-refractivity contribution in [3.05, 3.63) is 53.5 Å². The van der Waals surface area contributed by atoms with Crippen molar-refractivity contribution in [2.45, 2.75) is 39.9 Å². The molecule has 6 nitrogen and oxygen atoms in total. The second-order valence-electron chi connectivity index (χ2n) is 7.74. The number of hydrogen-bond acceptors (Lipinski definition) is 8. The van der Waals surface area contributed by atoms with Crippen molar-refractivity contribution in [2.75, 3.05) is 6.26 Å². The Morgan fingerprint density at radius 2 is 1.80 bits per heavy atom. The third kappa shape index (κ3) is 4.36. The smallest absolute Gasteiger partial charge is 0.203 e. The Labute approximate surface area is 188 Å². The molecule has 0 amide bonds. The van der Waals surface area contributed by atoms with Crippen molar-refractivity contribution >= 4 is 44.3 Å². The van der Waals surface area contributed by atoms with E-state index >= 15 is 0 Å². The first kappa shape index (κ1) is 21.2. The predicted octanol–water partition coefficient (Wildman–Crippen LogP) is 5.30. The molecule has 4 aromatic rings. The van der Waals surface area contributed by atoms with Crippen LogP contribution in [0, 0.1) is 0 Å². The van der Waals surface area contributed by atoms with Gasteiger partial charge in [0.2, 0.25) is 5.16 Å². The highest BCUT2D eigenvalue weighted by molar-refractivity contribution is 8.01. The van der Waals surface area contributed by atoms with Crippen molar-refractivity contribution in [3.63, 3.8) is 0 Å². The molecule has 1 aromatic carbocycles. The van der Waals surface area contributed by atoms with Crippen LogP contribution in [-0.2, 0) is 15.3 Å². The van der Waals surface area contributed by atoms with Crippen LogP contribution in [0.25, 0.3) is 16.4 Å². The molecule has 0 atom stereocenters. The molecule has 0 N–H and O–H groups in total. The van der Waals surface area contributed by atoms with Crippen LogP contribution in [0.2, 0.25) is 0 Å². The monoisotopic (exact) mass is 476 g/mol. The van der Waals surface area contributed by atoms with E-state index < -0.39 is 9.84 Å². The van der Waals surface area contributed by atoms with E-state index in [9.17, 15) is 8.42 Å². The number of thiophene rings is 1. The van der Waals surface area contributed by atoms with Gasteiger partial charge in [-0.15, -0.1) is 21.5 Å². The molecule has 0 radical (unpaired) electrons. The fraction of sp³-hybridized carbons (Fsp3) is 0.250. The lowest BCUT2D eigenvalue weighted by Crippen LogP contribution is -2.11. The van der Waals surface area contributed by atoms with Crippen molar-refractivity contribution in [1.29, 1.82) is 0 Å². The Balaban J connectivity index is 1.78. The lowest BCUT2D eigenvalue weighted by Gasteiger charge is -2.19. The third-order valence-electron chi connectivity index (χ3n) is 4.37. The minimum atomic E-state index is -3.28. The van der Waals surface area contributed by atoms with Gasteiger partial charge in [0.25, 0.3) is 0 Å². The summed E-state index contributed by atoms with van der Waals surface area (Å²) in [7, 11) is -3.28. The Hall–Kier alpha value is -2.01. The van der Waals surface area contributed by atoms with E-state index in [0.717, 1.165) is 27.7 Å². The van der Waals surface area contributed by atoms with E-state index in [1.807, 2.05) is 22.1 Å². The molecule has 0 unspecified atom stereocenters. The molecule has 10 heteroatoms. The molecular formula is C20H20N4O2S4. The van der Waals surface area contributed by atoms with Gasteiger partial charge in [-0.2, -0.15) is 0 Å². The van der Waals surface area contributed by atoms with Gasteiger partial charge in [0, 0.05) is 11.9 Å². The fourth-order valence-corrected chi connectivity index (χ4v) is 6.40. The van der Waals surface area contributed by atoms with E-state index in [0.29, 0.717) is 9.50 Å². The standard InChI is InChI=1S/C20H20N4O2S4/c1-20(2,3)13-7-9-14(10-8-13)24-17(15-6-5-11-27-15)22-23-18(24)29-19-21-12-16(28-19)30(4,25)26/h5-12H,1-4H3. The zero-order chi connectivity index (χ0) is 21.5. The van der Waals surface area contributed by atoms with Gasteiger partial charge in [-0.3, -0.25) is 4.57 Å². The SMILES string of the molecule is CC(C)(C)c1ccc(-n2c(Sc3ncc(S(C)(=O)=O)s3)nnc2-c2cccs2)cc1. The number of thiazole rings is 1. The van der Waals surface area contributed by atoms with E-state index in [-0.39, 0.29) is 9.62 Å². The zero-order valence-electron chi connectivity index (χ0n) is 16.9. The molecule has 0 fully saturated rings. The highest BCUT2D eigenvalue weighted by atomic mass is 32.2. The molecule has 0 bridgehead atoms. The maximum atomic E-state index is 11.8. The summed E-state index contributed by atoms with van der Waals surface area (Å²) in [5.41, 5.74) is 2.24. The van der Waals surface area contributed by atoms with Crippen LogP contribution >= 0.6 is 34.4 Å². The number of benzene rings is 1. The first-order chi connectivity index (χ1) is 14.1. The molecule has 0 aliphatic rings. The maximum absolute atomic E-state index is 11.8. The number of hydrogen-bond donors (Lipinski definition) is 0. The van der Waals surface area contributed by atoms with Gasteiger partial charge in [-0.1, -0.05) is 50.3 Å². The maximum Gasteiger partial charge on any atom is 0.203 e. The summed E-state index contributed by atoms with van der Waals surface area (Å²) in [6.45, 7) is 6.54. The second kappa shape index (κ2) is 7.92. The summed E-state index contributed by atoms with van der Waals surface area (Å²) in [5, 5.41) is 11.4. The lowest BCUT2D eigenvalue weighted by molar-refractivity contribution is 0.590. The Morgan fingerprint density at radius 1 is 1.07 bits per heavy atom. The van der Waals surface area contributed by atoms with E-state index in [1.54, 1.807) is 11.3 Å². The lowest BCUT2D eigenvalue weighted by atomic mass is 9.87. The van der Waals surface area contributed by atoms with Gasteiger partial charge >= 0.3 is 0 Å². The van der Waals surface area contributed by atoms with Crippen molar-refractivity contribution < 1.29 is 8.42 Å². The molecule has 3 aromatic heterocycles. The third-order valence-corrected chi connectivity index (χ3v) is 9.05. The molecular weight excluding hydrogens is 457 g/mol. The molecule has 0 spiro atoms. The van der Waals surface area contributed by atoms with Crippen LogP contribution in [-0.4, -0.2) is 34.4 Å². The zero-order valence-corrected chi connectivity index (χ0v) is 20.1. The first-order valence-electron chi connectivity index (χ1n) is 9.07. The minimum Gasteiger partial charge on any atom is -0.269 e. The Morgan fingerprint density at radius 3 is 2.37 bits per heavy atom. The Kier molecular flexibility index (Phi) is 5.60. The summed E-state index contributed by atoms with van der Waals surface area (Å²) >= 11 is 4.04. The van der Waals surface area contributed by atoms with Crippen LogP contribution in [0.1, 0.15) is 26.3 Å². The summed E-state index contributed by atoms with van der Waals surface area (Å²) in [6.07, 6.45) is 2.57. The fourth-order valence-electron chi connectivity index (χ4n) is 2.79. The molecule has 0 aliphatic carbocycles. The van der Waals surface area contributed by atoms with Crippen molar-refractivity contribution in [1.82, 2.24) is 19.7 Å². The van der Waals surface area contributed by atoms with E-state index in [4.69, 9.17) is 0 Å². The van der Waals surface area contributed by atoms with Crippen LogP contribution < -0.4 is 0 Å². The number of rotatable bonds is 5. The summed E-state index contributed by atoms with van der Waals surface area (Å²) in [4.78, 5) is 5.26. The van der Waals surface area contributed by atoms with Gasteiger partial charge in [-0.25, -0.2) is 13.4 Å². The average Bonchev–Trinajstić information content (AvgIpc) is 3.41. The normalized spacial score (nSPS) is 12.4. The molecule has 0 saturated heterocycles. The van der Waals surface area contributed by atoms with Crippen LogP contribution in [0.4, 0.5) is 0 Å². The van der Waals surface area contributed by atoms with E-state index in [1.165, 1.54) is 29.8 Å². The molecule has 0 aliphatic heterocycles. The summed E-state index contributed by atoms with van der Waals surface area (Å²) < 4.78 is 26.4. The van der Waals surface area contributed by atoms with Crippen LogP contribution in [0.5, 0.6) is 0 Å². The van der Waals surface area contributed by atoms with E-state index in [2.05, 4.69) is 60.2 Å². The molecule has 3 heterocycles. The number of sulfone groups is 1. The topological polar surface area (TPSA) is 77.7 Å². The highest BCUT2D eigenvalue weighted by Gasteiger charge is 2.21. The van der Waals surface area contributed by atoms with Crippen molar-refractivity contribution in [2.24, 2.45) is 0 Å². The van der Waals surface area contributed by atoms with Crippen molar-refractivity contribution in [3.8, 4) is 16.4 Å². The molecule has 0 saturated carbocycles. The quantitative estimate of drug-likeness (QED) is 0.389. The summed E-state index contributed by atoms with van der Waals surface area (Å²) in [6, 6.07) is 12.4. The average molecular weight is 477 g/mol. The van der Waals surface area contributed by atoms with Gasteiger partial charge in [0.05, 0.1) is 11.1 Å². The van der Waals surface area contributed by atoms with Gasteiger partial charge in [0.15, 0.2) is 20.0 Å². The molecule has 30 heavy (non-hydrogen) atoms. The van der Waals surface area contributed by atoms with Crippen LogP contribution in [0.15, 0.2) is 61.7 Å². The number of aromatic nitrogens is 4. The predicted molar refractivity (Wildman–Crippen MR) is 123 cm³/mol. The minimum absolute atomic E-state index is 0.0583. The van der Waals surface area contributed by atoms with Gasteiger partial charge in [0.1, 0.15) is 4.21 Å². The van der Waals surface area contributed by atoms with Crippen LogP contribution in [0.3, 0.4) is 0 Å². The van der Waals surface area contributed by atoms with Gasteiger partial charge in [-0.05, 0) is 46.3 Å². The second-order valence-corrected chi connectivity index (χ2v) is 13.2. The number of nitrogens with zero attached hydrogens (tertiary/aromatic N) is 4. The van der Waals surface area contributed by atoms with Gasteiger partial charge < -0.3 is 0 Å². The summed E-state index contributed by atoms with van der Waals surface area (Å²) in [5.74, 6) is 0.746. The highest BCUT2D eigenvalue weighted by Crippen LogP contribution is 2.36.